The molecular formula is C28H28BrN5OS. The summed E-state index contributed by atoms with van der Waals surface area (Å²) >= 11 is 4.78. The van der Waals surface area contributed by atoms with E-state index in [1.807, 2.05) is 66.1 Å². The molecule has 4 aromatic rings. The summed E-state index contributed by atoms with van der Waals surface area (Å²) in [4.78, 5) is 12.6. The van der Waals surface area contributed by atoms with Crippen molar-refractivity contribution in [3.63, 3.8) is 0 Å². The van der Waals surface area contributed by atoms with Gasteiger partial charge >= 0.3 is 0 Å². The predicted octanol–water partition coefficient (Wildman–Crippen LogP) is 6.63. The summed E-state index contributed by atoms with van der Waals surface area (Å²) < 4.78 is 2.94. The van der Waals surface area contributed by atoms with Gasteiger partial charge in [0.05, 0.1) is 11.5 Å². The number of hydrazone groups is 1. The summed E-state index contributed by atoms with van der Waals surface area (Å²) in [5.41, 5.74) is 7.52. The molecule has 4 rings (SSSR count). The van der Waals surface area contributed by atoms with Gasteiger partial charge in [0.1, 0.15) is 0 Å². The normalized spacial score (nSPS) is 12.0. The molecule has 0 spiro atoms. The van der Waals surface area contributed by atoms with Gasteiger partial charge in [-0.2, -0.15) is 5.10 Å². The standard InChI is InChI=1S/C28H28BrN5OS/c1-19(21-9-8-10-23(29)17-21)30-31-25(35)18-36-27-33-32-26(34(27)24-11-6-5-7-12-24)20-13-15-22(16-14-20)28(2,3)4/h5-17H,18H2,1-4H3,(H,31,35)/b30-19+. The molecule has 0 saturated carbocycles. The minimum absolute atomic E-state index is 0.0673. The maximum Gasteiger partial charge on any atom is 0.250 e. The van der Waals surface area contributed by atoms with Gasteiger partial charge in [-0.05, 0) is 47.7 Å². The van der Waals surface area contributed by atoms with Crippen LogP contribution in [0.3, 0.4) is 0 Å². The van der Waals surface area contributed by atoms with E-state index >= 15 is 0 Å². The van der Waals surface area contributed by atoms with Crippen LogP contribution < -0.4 is 5.43 Å². The number of rotatable bonds is 7. The highest BCUT2D eigenvalue weighted by atomic mass is 79.9. The smallest absolute Gasteiger partial charge is 0.250 e. The first-order valence-corrected chi connectivity index (χ1v) is 13.3. The van der Waals surface area contributed by atoms with Crippen molar-refractivity contribution in [2.75, 3.05) is 5.75 Å². The number of para-hydroxylation sites is 1. The number of hydrogen-bond donors (Lipinski definition) is 1. The van der Waals surface area contributed by atoms with Crippen LogP contribution in [-0.4, -0.2) is 32.1 Å². The van der Waals surface area contributed by atoms with Gasteiger partial charge < -0.3 is 0 Å². The van der Waals surface area contributed by atoms with E-state index in [0.717, 1.165) is 32.8 Å². The maximum absolute atomic E-state index is 12.6. The molecule has 0 fully saturated rings. The molecule has 184 valence electrons. The summed E-state index contributed by atoms with van der Waals surface area (Å²) in [5.74, 6) is 0.671. The van der Waals surface area contributed by atoms with E-state index in [4.69, 9.17) is 0 Å². The number of nitrogens with one attached hydrogen (secondary N) is 1. The number of benzene rings is 3. The van der Waals surface area contributed by atoms with Crippen molar-refractivity contribution in [3.8, 4) is 17.1 Å². The lowest BCUT2D eigenvalue weighted by molar-refractivity contribution is -0.118. The van der Waals surface area contributed by atoms with Crippen LogP contribution in [0.1, 0.15) is 38.8 Å². The third kappa shape index (κ3) is 6.30. The van der Waals surface area contributed by atoms with Crippen molar-refractivity contribution < 1.29 is 4.79 Å². The van der Waals surface area contributed by atoms with Crippen molar-refractivity contribution in [3.05, 3.63) is 94.5 Å². The fraction of sp³-hybridized carbons (Fsp3) is 0.214. The van der Waals surface area contributed by atoms with Gasteiger partial charge in [-0.25, -0.2) is 5.43 Å². The third-order valence-corrected chi connectivity index (χ3v) is 7.00. The monoisotopic (exact) mass is 561 g/mol. The Morgan fingerprint density at radius 1 is 1.00 bits per heavy atom. The van der Waals surface area contributed by atoms with Crippen molar-refractivity contribution in [2.45, 2.75) is 38.3 Å². The quantitative estimate of drug-likeness (QED) is 0.156. The summed E-state index contributed by atoms with van der Waals surface area (Å²) in [6, 6.07) is 26.1. The summed E-state index contributed by atoms with van der Waals surface area (Å²) in [6.45, 7) is 8.44. The predicted molar refractivity (Wildman–Crippen MR) is 151 cm³/mol. The third-order valence-electron chi connectivity index (χ3n) is 5.58. The van der Waals surface area contributed by atoms with Crippen LogP contribution in [0.4, 0.5) is 0 Å². The second-order valence-corrected chi connectivity index (χ2v) is 11.2. The molecule has 0 atom stereocenters. The van der Waals surface area contributed by atoms with Crippen LogP contribution in [0.2, 0.25) is 0 Å². The van der Waals surface area contributed by atoms with Crippen molar-refractivity contribution >= 4 is 39.3 Å². The number of carbonyl (C=O) groups excluding carboxylic acids is 1. The molecule has 36 heavy (non-hydrogen) atoms. The van der Waals surface area contributed by atoms with E-state index in [1.165, 1.54) is 17.3 Å². The average Bonchev–Trinajstić information content (AvgIpc) is 3.30. The van der Waals surface area contributed by atoms with Crippen molar-refractivity contribution in [1.29, 1.82) is 0 Å². The number of aromatic nitrogens is 3. The second kappa shape index (κ2) is 11.2. The number of halogens is 1. The maximum atomic E-state index is 12.6. The van der Waals surface area contributed by atoms with E-state index in [1.54, 1.807) is 0 Å². The van der Waals surface area contributed by atoms with E-state index in [9.17, 15) is 4.79 Å². The van der Waals surface area contributed by atoms with E-state index in [0.29, 0.717) is 5.16 Å². The van der Waals surface area contributed by atoms with Crippen LogP contribution in [0.15, 0.2) is 93.6 Å². The molecule has 0 unspecified atom stereocenters. The lowest BCUT2D eigenvalue weighted by Crippen LogP contribution is -2.21. The van der Waals surface area contributed by atoms with Crippen molar-refractivity contribution in [2.24, 2.45) is 5.10 Å². The molecule has 0 bridgehead atoms. The second-order valence-electron chi connectivity index (χ2n) is 9.34. The molecule has 0 aliphatic rings. The summed E-state index contributed by atoms with van der Waals surface area (Å²) in [7, 11) is 0. The molecular weight excluding hydrogens is 534 g/mol. The lowest BCUT2D eigenvalue weighted by Gasteiger charge is -2.19. The number of nitrogens with zero attached hydrogens (tertiary/aromatic N) is 4. The Morgan fingerprint density at radius 3 is 2.39 bits per heavy atom. The molecule has 0 radical (unpaired) electrons. The van der Waals surface area contributed by atoms with E-state index in [2.05, 4.69) is 81.7 Å². The Balaban J connectivity index is 1.53. The van der Waals surface area contributed by atoms with Gasteiger partial charge in [-0.3, -0.25) is 9.36 Å². The molecule has 6 nitrogen and oxygen atoms in total. The fourth-order valence-corrected chi connectivity index (χ4v) is 4.71. The molecule has 0 aliphatic heterocycles. The van der Waals surface area contributed by atoms with Crippen LogP contribution >= 0.6 is 27.7 Å². The minimum atomic E-state index is -0.215. The molecule has 1 amide bonds. The van der Waals surface area contributed by atoms with Crippen LogP contribution in [-0.2, 0) is 10.2 Å². The topological polar surface area (TPSA) is 72.2 Å². The molecule has 0 saturated heterocycles. The number of carbonyl (C=O) groups is 1. The number of amides is 1. The van der Waals surface area contributed by atoms with Gasteiger partial charge in [0.25, 0.3) is 5.91 Å². The average molecular weight is 563 g/mol. The Bertz CT molecular complexity index is 1380. The first kappa shape index (κ1) is 25.9. The molecule has 1 N–H and O–H groups in total. The Hall–Kier alpha value is -3.23. The fourth-order valence-electron chi connectivity index (χ4n) is 3.57. The number of hydrogen-bond acceptors (Lipinski definition) is 5. The highest BCUT2D eigenvalue weighted by molar-refractivity contribution is 9.10. The largest absolute Gasteiger partial charge is 0.272 e. The van der Waals surface area contributed by atoms with Gasteiger partial charge in [0.15, 0.2) is 11.0 Å². The zero-order chi connectivity index (χ0) is 25.7. The Morgan fingerprint density at radius 2 is 1.72 bits per heavy atom. The van der Waals surface area contributed by atoms with Crippen LogP contribution in [0.5, 0.6) is 0 Å². The number of thioether (sulfide) groups is 1. The van der Waals surface area contributed by atoms with Crippen molar-refractivity contribution in [1.82, 2.24) is 20.2 Å². The SMILES string of the molecule is C/C(=N\NC(=O)CSc1nnc(-c2ccc(C(C)(C)C)cc2)n1-c1ccccc1)c1cccc(Br)c1. The lowest BCUT2D eigenvalue weighted by atomic mass is 9.87. The zero-order valence-corrected chi connectivity index (χ0v) is 23.1. The zero-order valence-electron chi connectivity index (χ0n) is 20.7. The Labute approximate surface area is 224 Å². The summed E-state index contributed by atoms with van der Waals surface area (Å²) in [6.07, 6.45) is 0. The van der Waals surface area contributed by atoms with Gasteiger partial charge in [0.2, 0.25) is 0 Å². The summed E-state index contributed by atoms with van der Waals surface area (Å²) in [5, 5.41) is 13.8. The highest BCUT2D eigenvalue weighted by Crippen LogP contribution is 2.30. The molecule has 3 aromatic carbocycles. The van der Waals surface area contributed by atoms with E-state index < -0.39 is 0 Å². The molecule has 1 heterocycles. The Kier molecular flexibility index (Phi) is 8.06. The first-order chi connectivity index (χ1) is 17.2. The minimum Gasteiger partial charge on any atom is -0.272 e. The van der Waals surface area contributed by atoms with Crippen LogP contribution in [0.25, 0.3) is 17.1 Å². The van der Waals surface area contributed by atoms with Crippen LogP contribution in [0, 0.1) is 0 Å². The highest BCUT2D eigenvalue weighted by Gasteiger charge is 2.19. The van der Waals surface area contributed by atoms with Gasteiger partial charge in [-0.1, -0.05) is 103 Å². The molecule has 8 heteroatoms. The van der Waals surface area contributed by atoms with Gasteiger partial charge in [0, 0.05) is 15.7 Å². The van der Waals surface area contributed by atoms with E-state index in [-0.39, 0.29) is 17.1 Å². The van der Waals surface area contributed by atoms with Gasteiger partial charge in [-0.15, -0.1) is 10.2 Å². The first-order valence-electron chi connectivity index (χ1n) is 11.6. The molecule has 0 aliphatic carbocycles. The molecule has 1 aromatic heterocycles.